The van der Waals surface area contributed by atoms with Crippen LogP contribution in [-0.2, 0) is 6.42 Å². The molecule has 0 fully saturated rings. The van der Waals surface area contributed by atoms with Gasteiger partial charge in [0.25, 0.3) is 0 Å². The zero-order valence-corrected chi connectivity index (χ0v) is 8.83. The third kappa shape index (κ3) is 5.42. The van der Waals surface area contributed by atoms with Crippen LogP contribution < -0.4 is 0 Å². The molecule has 0 aromatic heterocycles. The van der Waals surface area contributed by atoms with E-state index in [0.29, 0.717) is 5.92 Å². The van der Waals surface area contributed by atoms with Gasteiger partial charge in [-0.15, -0.1) is 0 Å². The molecule has 1 aromatic rings. The smallest absolute Gasteiger partial charge is 0.0459 e. The molecule has 1 aromatic carbocycles. The van der Waals surface area contributed by atoms with Gasteiger partial charge in [0, 0.05) is 6.61 Å². The lowest BCUT2D eigenvalue weighted by Crippen LogP contribution is -2.03. The molecule has 74 valence electrons. The van der Waals surface area contributed by atoms with Crippen LogP contribution in [0.2, 0.25) is 0 Å². The van der Waals surface area contributed by atoms with E-state index in [1.165, 1.54) is 5.56 Å². The number of hydrogen-bond donors (Lipinski definition) is 1. The lowest BCUT2D eigenvalue weighted by atomic mass is 10.0. The highest BCUT2D eigenvalue weighted by atomic mass is 16.3. The van der Waals surface area contributed by atoms with Crippen LogP contribution in [0.4, 0.5) is 0 Å². The molecule has 0 aliphatic carbocycles. The lowest BCUT2D eigenvalue weighted by molar-refractivity contribution is 0.237. The van der Waals surface area contributed by atoms with Crippen molar-refractivity contribution in [1.82, 2.24) is 0 Å². The Morgan fingerprint density at radius 1 is 1.15 bits per heavy atom. The molecule has 1 N–H and O–H groups in total. The second kappa shape index (κ2) is 7.81. The van der Waals surface area contributed by atoms with Crippen molar-refractivity contribution < 1.29 is 5.11 Å². The largest absolute Gasteiger partial charge is 0.396 e. The zero-order chi connectivity index (χ0) is 10.1. The summed E-state index contributed by atoms with van der Waals surface area (Å²) in [4.78, 5) is 0. The first-order chi connectivity index (χ1) is 6.33. The van der Waals surface area contributed by atoms with E-state index >= 15 is 0 Å². The fourth-order valence-corrected chi connectivity index (χ4v) is 1.08. The van der Waals surface area contributed by atoms with Gasteiger partial charge in [0.05, 0.1) is 0 Å². The molecule has 1 atom stereocenters. The minimum atomic E-state index is 0.273. The number of aliphatic hydroxyl groups is 1. The third-order valence-corrected chi connectivity index (χ3v) is 1.74. The predicted molar refractivity (Wildman–Crippen MR) is 57.7 cm³/mol. The summed E-state index contributed by atoms with van der Waals surface area (Å²) < 4.78 is 0. The van der Waals surface area contributed by atoms with Crippen molar-refractivity contribution in [2.75, 3.05) is 6.61 Å². The molecule has 1 rings (SSSR count). The van der Waals surface area contributed by atoms with Crippen LogP contribution in [0.5, 0.6) is 0 Å². The average Bonchev–Trinajstić information content (AvgIpc) is 2.22. The molecule has 0 aliphatic rings. The quantitative estimate of drug-likeness (QED) is 0.758. The fourth-order valence-electron chi connectivity index (χ4n) is 1.08. The maximum atomic E-state index is 8.80. The first kappa shape index (κ1) is 12.2. The topological polar surface area (TPSA) is 20.2 Å². The minimum Gasteiger partial charge on any atom is -0.396 e. The summed E-state index contributed by atoms with van der Waals surface area (Å²) in [6, 6.07) is 10.2. The van der Waals surface area contributed by atoms with Crippen molar-refractivity contribution in [3.8, 4) is 0 Å². The molecule has 1 unspecified atom stereocenters. The molecule has 1 heteroatoms. The van der Waals surface area contributed by atoms with Crippen LogP contribution in [0.25, 0.3) is 0 Å². The molecule has 1 nitrogen and oxygen atoms in total. The maximum absolute atomic E-state index is 8.80. The Labute approximate surface area is 81.4 Å². The van der Waals surface area contributed by atoms with Crippen molar-refractivity contribution in [3.05, 3.63) is 35.9 Å². The van der Waals surface area contributed by atoms with E-state index < -0.39 is 0 Å². The molecule has 0 saturated carbocycles. The lowest BCUT2D eigenvalue weighted by Gasteiger charge is -2.06. The standard InChI is InChI=1S/C10H14O.C2H6/c1-9(8-11)7-10-5-3-2-4-6-10;1-2/h2-6,9,11H,7-8H2,1H3;1-2H3. The van der Waals surface area contributed by atoms with E-state index in [1.807, 2.05) is 39.0 Å². The van der Waals surface area contributed by atoms with Gasteiger partial charge < -0.3 is 5.11 Å². The van der Waals surface area contributed by atoms with E-state index in [9.17, 15) is 0 Å². The minimum absolute atomic E-state index is 0.273. The van der Waals surface area contributed by atoms with Crippen LogP contribution >= 0.6 is 0 Å². The Bertz CT molecular complexity index is 194. The Morgan fingerprint density at radius 3 is 2.15 bits per heavy atom. The number of hydrogen-bond acceptors (Lipinski definition) is 1. The number of benzene rings is 1. The fraction of sp³-hybridized carbons (Fsp3) is 0.500. The molecule has 0 amide bonds. The molecule has 0 bridgehead atoms. The van der Waals surface area contributed by atoms with Gasteiger partial charge in [-0.25, -0.2) is 0 Å². The first-order valence-electron chi connectivity index (χ1n) is 4.97. The first-order valence-corrected chi connectivity index (χ1v) is 4.97. The summed E-state index contributed by atoms with van der Waals surface area (Å²) in [5.41, 5.74) is 1.30. The summed E-state index contributed by atoms with van der Waals surface area (Å²) in [5, 5.41) is 8.80. The molecule has 13 heavy (non-hydrogen) atoms. The Morgan fingerprint density at radius 2 is 1.69 bits per heavy atom. The zero-order valence-electron chi connectivity index (χ0n) is 8.83. The summed E-state index contributed by atoms with van der Waals surface area (Å²) >= 11 is 0. The van der Waals surface area contributed by atoms with Crippen molar-refractivity contribution in [2.45, 2.75) is 27.2 Å². The second-order valence-electron chi connectivity index (χ2n) is 2.98. The summed E-state index contributed by atoms with van der Waals surface area (Å²) in [7, 11) is 0. The van der Waals surface area contributed by atoms with Gasteiger partial charge >= 0.3 is 0 Å². The number of aliphatic hydroxyl groups excluding tert-OH is 1. The monoisotopic (exact) mass is 180 g/mol. The van der Waals surface area contributed by atoms with Gasteiger partial charge in [-0.2, -0.15) is 0 Å². The highest BCUT2D eigenvalue weighted by Gasteiger charge is 1.99. The van der Waals surface area contributed by atoms with E-state index in [1.54, 1.807) is 0 Å². The third-order valence-electron chi connectivity index (χ3n) is 1.74. The summed E-state index contributed by atoms with van der Waals surface area (Å²) in [5.74, 6) is 0.373. The summed E-state index contributed by atoms with van der Waals surface area (Å²) in [6.07, 6.45) is 0.970. The molecular formula is C12H20O. The van der Waals surface area contributed by atoms with Crippen LogP contribution in [0.1, 0.15) is 26.3 Å². The molecule has 0 aliphatic heterocycles. The highest BCUT2D eigenvalue weighted by molar-refractivity contribution is 5.14. The van der Waals surface area contributed by atoms with Gasteiger partial charge in [0.1, 0.15) is 0 Å². The van der Waals surface area contributed by atoms with Crippen LogP contribution in [0.3, 0.4) is 0 Å². The van der Waals surface area contributed by atoms with Gasteiger partial charge in [0.2, 0.25) is 0 Å². The van der Waals surface area contributed by atoms with E-state index in [-0.39, 0.29) is 6.61 Å². The molecule has 0 spiro atoms. The van der Waals surface area contributed by atoms with Crippen molar-refractivity contribution in [3.63, 3.8) is 0 Å². The molecule has 0 heterocycles. The Hall–Kier alpha value is -0.820. The maximum Gasteiger partial charge on any atom is 0.0459 e. The highest BCUT2D eigenvalue weighted by Crippen LogP contribution is 2.06. The van der Waals surface area contributed by atoms with E-state index in [4.69, 9.17) is 5.11 Å². The van der Waals surface area contributed by atoms with E-state index in [2.05, 4.69) is 12.1 Å². The van der Waals surface area contributed by atoms with Gasteiger partial charge in [0.15, 0.2) is 0 Å². The average molecular weight is 180 g/mol. The van der Waals surface area contributed by atoms with Gasteiger partial charge in [-0.3, -0.25) is 0 Å². The van der Waals surface area contributed by atoms with Crippen LogP contribution in [0.15, 0.2) is 30.3 Å². The normalized spacial score (nSPS) is 11.4. The van der Waals surface area contributed by atoms with E-state index in [0.717, 1.165) is 6.42 Å². The van der Waals surface area contributed by atoms with Crippen LogP contribution in [-0.4, -0.2) is 11.7 Å². The van der Waals surface area contributed by atoms with Crippen molar-refractivity contribution in [2.24, 2.45) is 5.92 Å². The van der Waals surface area contributed by atoms with Gasteiger partial charge in [-0.05, 0) is 17.9 Å². The second-order valence-corrected chi connectivity index (χ2v) is 2.98. The SMILES string of the molecule is CC.CC(CO)Cc1ccccc1. The van der Waals surface area contributed by atoms with Crippen molar-refractivity contribution in [1.29, 1.82) is 0 Å². The Kier molecular flexibility index (Phi) is 7.32. The summed E-state index contributed by atoms with van der Waals surface area (Å²) in [6.45, 7) is 6.32. The molecule has 0 radical (unpaired) electrons. The van der Waals surface area contributed by atoms with Gasteiger partial charge in [-0.1, -0.05) is 51.1 Å². The molecule has 0 saturated heterocycles. The Balaban J connectivity index is 0.000000671. The molecular weight excluding hydrogens is 160 g/mol. The predicted octanol–water partition coefficient (Wildman–Crippen LogP) is 2.88. The van der Waals surface area contributed by atoms with Crippen LogP contribution in [0, 0.1) is 5.92 Å². The van der Waals surface area contributed by atoms with Crippen molar-refractivity contribution >= 4 is 0 Å². The number of rotatable bonds is 3.